The van der Waals surface area contributed by atoms with Gasteiger partial charge in [0, 0.05) is 31.2 Å². The molecule has 0 unspecified atom stereocenters. The molecule has 0 N–H and O–H groups in total. The fraction of sp³-hybridized carbons (Fsp3) is 0.444. The summed E-state index contributed by atoms with van der Waals surface area (Å²) in [5.41, 5.74) is 2.64. The Labute approximate surface area is 66.9 Å². The van der Waals surface area contributed by atoms with Gasteiger partial charge in [0.25, 0.3) is 0 Å². The number of aromatic nitrogens is 1. The Hall–Kier alpha value is -1.05. The molecule has 1 aliphatic heterocycles. The molecule has 1 fully saturated rings. The lowest BCUT2D eigenvalue weighted by Crippen LogP contribution is -2.37. The van der Waals surface area contributed by atoms with Crippen LogP contribution in [0.1, 0.15) is 12.0 Å². The fourth-order valence-electron chi connectivity index (χ4n) is 1.38. The molecular formula is C9H12N2. The second kappa shape index (κ2) is 2.53. The minimum Gasteiger partial charge on any atom is -0.371 e. The zero-order valence-electron chi connectivity index (χ0n) is 6.75. The summed E-state index contributed by atoms with van der Waals surface area (Å²) in [5.74, 6) is 0. The first kappa shape index (κ1) is 6.65. The smallest absolute Gasteiger partial charge is 0.0426 e. The standard InChI is InChI=1S/C9H12N2/c1-8-7-10-4-3-9(8)11-5-2-6-11/h3-4,7H,2,5-6H2,1H3. The van der Waals surface area contributed by atoms with E-state index in [0.717, 1.165) is 0 Å². The fourth-order valence-corrected chi connectivity index (χ4v) is 1.38. The number of nitrogens with zero attached hydrogens (tertiary/aromatic N) is 2. The van der Waals surface area contributed by atoms with Crippen molar-refractivity contribution in [2.24, 2.45) is 0 Å². The number of hydrogen-bond acceptors (Lipinski definition) is 2. The van der Waals surface area contributed by atoms with E-state index in [4.69, 9.17) is 0 Å². The highest BCUT2D eigenvalue weighted by Crippen LogP contribution is 2.22. The summed E-state index contributed by atoms with van der Waals surface area (Å²) >= 11 is 0. The van der Waals surface area contributed by atoms with Crippen LogP contribution in [0.4, 0.5) is 5.69 Å². The van der Waals surface area contributed by atoms with E-state index < -0.39 is 0 Å². The molecule has 0 saturated carbocycles. The molecule has 2 rings (SSSR count). The van der Waals surface area contributed by atoms with E-state index in [1.807, 2.05) is 12.4 Å². The van der Waals surface area contributed by atoms with Crippen molar-refractivity contribution in [1.82, 2.24) is 4.98 Å². The van der Waals surface area contributed by atoms with Crippen molar-refractivity contribution in [1.29, 1.82) is 0 Å². The monoisotopic (exact) mass is 148 g/mol. The van der Waals surface area contributed by atoms with Crippen LogP contribution in [0.5, 0.6) is 0 Å². The van der Waals surface area contributed by atoms with Gasteiger partial charge in [-0.3, -0.25) is 4.98 Å². The van der Waals surface area contributed by atoms with Gasteiger partial charge in [-0.25, -0.2) is 0 Å². The van der Waals surface area contributed by atoms with Gasteiger partial charge in [-0.2, -0.15) is 0 Å². The van der Waals surface area contributed by atoms with E-state index in [1.165, 1.54) is 30.8 Å². The zero-order chi connectivity index (χ0) is 7.68. The summed E-state index contributed by atoms with van der Waals surface area (Å²) in [6, 6.07) is 2.09. The molecule has 2 heterocycles. The number of hydrogen-bond donors (Lipinski definition) is 0. The molecule has 0 atom stereocenters. The maximum Gasteiger partial charge on any atom is 0.0426 e. The van der Waals surface area contributed by atoms with Crippen molar-refractivity contribution in [2.75, 3.05) is 18.0 Å². The normalized spacial score (nSPS) is 16.3. The van der Waals surface area contributed by atoms with E-state index in [2.05, 4.69) is 22.9 Å². The molecule has 0 radical (unpaired) electrons. The summed E-state index contributed by atoms with van der Waals surface area (Å²) in [6.45, 7) is 4.54. The van der Waals surface area contributed by atoms with E-state index in [1.54, 1.807) is 0 Å². The van der Waals surface area contributed by atoms with Crippen LogP contribution in [0.2, 0.25) is 0 Å². The first-order valence-corrected chi connectivity index (χ1v) is 4.03. The van der Waals surface area contributed by atoms with Gasteiger partial charge in [-0.05, 0) is 25.0 Å². The molecule has 1 aromatic rings. The summed E-state index contributed by atoms with van der Waals surface area (Å²) < 4.78 is 0. The average molecular weight is 148 g/mol. The predicted octanol–water partition coefficient (Wildman–Crippen LogP) is 1.60. The van der Waals surface area contributed by atoms with Crippen molar-refractivity contribution in [3.63, 3.8) is 0 Å². The Morgan fingerprint density at radius 2 is 2.27 bits per heavy atom. The van der Waals surface area contributed by atoms with Gasteiger partial charge in [0.15, 0.2) is 0 Å². The summed E-state index contributed by atoms with van der Waals surface area (Å²) in [5, 5.41) is 0. The zero-order valence-corrected chi connectivity index (χ0v) is 6.75. The largest absolute Gasteiger partial charge is 0.371 e. The second-order valence-electron chi connectivity index (χ2n) is 3.00. The summed E-state index contributed by atoms with van der Waals surface area (Å²) in [4.78, 5) is 6.44. The van der Waals surface area contributed by atoms with Crippen LogP contribution in [0.25, 0.3) is 0 Å². The highest BCUT2D eigenvalue weighted by Gasteiger charge is 2.15. The van der Waals surface area contributed by atoms with Gasteiger partial charge in [-0.1, -0.05) is 0 Å². The van der Waals surface area contributed by atoms with Gasteiger partial charge in [-0.15, -0.1) is 0 Å². The minimum absolute atomic E-state index is 1.21. The Balaban J connectivity index is 2.28. The molecule has 0 spiro atoms. The summed E-state index contributed by atoms with van der Waals surface area (Å²) in [7, 11) is 0. The first-order chi connectivity index (χ1) is 5.38. The Bertz CT molecular complexity index is 253. The van der Waals surface area contributed by atoms with Crippen LogP contribution in [-0.2, 0) is 0 Å². The topological polar surface area (TPSA) is 16.1 Å². The maximum absolute atomic E-state index is 4.06. The number of anilines is 1. The molecule has 1 aliphatic rings. The highest BCUT2D eigenvalue weighted by molar-refractivity contribution is 5.52. The van der Waals surface area contributed by atoms with Crippen LogP contribution in [0.3, 0.4) is 0 Å². The molecule has 11 heavy (non-hydrogen) atoms. The van der Waals surface area contributed by atoms with E-state index in [0.29, 0.717) is 0 Å². The second-order valence-corrected chi connectivity index (χ2v) is 3.00. The Morgan fingerprint density at radius 3 is 2.82 bits per heavy atom. The van der Waals surface area contributed by atoms with Gasteiger partial charge >= 0.3 is 0 Å². The van der Waals surface area contributed by atoms with E-state index >= 15 is 0 Å². The van der Waals surface area contributed by atoms with E-state index in [-0.39, 0.29) is 0 Å². The third kappa shape index (κ3) is 1.09. The van der Waals surface area contributed by atoms with Gasteiger partial charge in [0.2, 0.25) is 0 Å². The lowest BCUT2D eigenvalue weighted by atomic mass is 10.1. The van der Waals surface area contributed by atoms with Crippen molar-refractivity contribution in [2.45, 2.75) is 13.3 Å². The Morgan fingerprint density at radius 1 is 1.45 bits per heavy atom. The Kier molecular flexibility index (Phi) is 1.53. The van der Waals surface area contributed by atoms with Crippen LogP contribution in [0.15, 0.2) is 18.5 Å². The van der Waals surface area contributed by atoms with Crippen LogP contribution < -0.4 is 4.90 Å². The van der Waals surface area contributed by atoms with Crippen LogP contribution in [0, 0.1) is 6.92 Å². The molecular weight excluding hydrogens is 136 g/mol. The van der Waals surface area contributed by atoms with Crippen LogP contribution >= 0.6 is 0 Å². The lowest BCUT2D eigenvalue weighted by molar-refractivity contribution is 0.616. The predicted molar refractivity (Wildman–Crippen MR) is 45.8 cm³/mol. The molecule has 1 aromatic heterocycles. The van der Waals surface area contributed by atoms with Crippen molar-refractivity contribution >= 4 is 5.69 Å². The van der Waals surface area contributed by atoms with Crippen molar-refractivity contribution in [3.05, 3.63) is 24.0 Å². The van der Waals surface area contributed by atoms with Crippen molar-refractivity contribution < 1.29 is 0 Å². The molecule has 58 valence electrons. The molecule has 2 heteroatoms. The van der Waals surface area contributed by atoms with Crippen LogP contribution in [-0.4, -0.2) is 18.1 Å². The third-order valence-electron chi connectivity index (χ3n) is 2.19. The highest BCUT2D eigenvalue weighted by atomic mass is 15.2. The third-order valence-corrected chi connectivity index (χ3v) is 2.19. The number of rotatable bonds is 1. The molecule has 0 aromatic carbocycles. The van der Waals surface area contributed by atoms with Gasteiger partial charge in [0.1, 0.15) is 0 Å². The van der Waals surface area contributed by atoms with E-state index in [9.17, 15) is 0 Å². The quantitative estimate of drug-likeness (QED) is 0.601. The molecule has 2 nitrogen and oxygen atoms in total. The number of aryl methyl sites for hydroxylation is 1. The molecule has 0 bridgehead atoms. The van der Waals surface area contributed by atoms with Crippen molar-refractivity contribution in [3.8, 4) is 0 Å². The minimum atomic E-state index is 1.21. The molecule has 1 saturated heterocycles. The molecule has 0 amide bonds. The average Bonchev–Trinajstić information content (AvgIpc) is 1.90. The number of pyridine rings is 1. The maximum atomic E-state index is 4.06. The summed E-state index contributed by atoms with van der Waals surface area (Å²) in [6.07, 6.45) is 5.12. The van der Waals surface area contributed by atoms with Gasteiger partial charge in [0.05, 0.1) is 0 Å². The lowest BCUT2D eigenvalue weighted by Gasteiger charge is -2.34. The van der Waals surface area contributed by atoms with Gasteiger partial charge < -0.3 is 4.90 Å². The SMILES string of the molecule is Cc1cnccc1N1CCC1. The molecule has 0 aliphatic carbocycles. The first-order valence-electron chi connectivity index (χ1n) is 4.03.